The highest BCUT2D eigenvalue weighted by Crippen LogP contribution is 2.24. The smallest absolute Gasteiger partial charge is 0.0860 e. The maximum Gasteiger partial charge on any atom is 0.0860 e. The van der Waals surface area contributed by atoms with Gasteiger partial charge in [-0.3, -0.25) is 0 Å². The molecule has 0 heterocycles. The Kier molecular flexibility index (Phi) is 9.04. The second-order valence-electron chi connectivity index (χ2n) is 5.47. The minimum atomic E-state index is 0.739. The van der Waals surface area contributed by atoms with Crippen molar-refractivity contribution in [2.45, 2.75) is 13.8 Å². The fourth-order valence-corrected chi connectivity index (χ4v) is 2.37. The van der Waals surface area contributed by atoms with Crippen molar-refractivity contribution in [3.05, 3.63) is 90.2 Å². The Bertz CT molecular complexity index is 787. The van der Waals surface area contributed by atoms with Gasteiger partial charge < -0.3 is 16.8 Å². The quantitative estimate of drug-likeness (QED) is 0.414. The standard InChI is InChI=1S/C15H20N2.C7H8N2/c1-5-7-15(16)13(6-2)14-9-8-12(17-4)10-11(14)3;8-6-9-7-4-2-1-3-5-7/h5-10,17H,2,16H2,1,3-4H3;1-6H,(H2,8,9)/b7-5-,15-13-;. The molecule has 2 rings (SSSR count). The van der Waals surface area contributed by atoms with Crippen molar-refractivity contribution < 1.29 is 0 Å². The van der Waals surface area contributed by atoms with Crippen molar-refractivity contribution in [1.29, 1.82) is 0 Å². The van der Waals surface area contributed by atoms with Crippen molar-refractivity contribution in [3.8, 4) is 0 Å². The number of para-hydroxylation sites is 1. The van der Waals surface area contributed by atoms with E-state index in [2.05, 4.69) is 35.9 Å². The molecule has 2 aromatic carbocycles. The maximum absolute atomic E-state index is 6.02. The van der Waals surface area contributed by atoms with Crippen LogP contribution in [0.15, 0.2) is 84.0 Å². The molecule has 0 aliphatic carbocycles. The minimum Gasteiger partial charge on any atom is -0.398 e. The third-order valence-corrected chi connectivity index (χ3v) is 3.65. The van der Waals surface area contributed by atoms with Crippen LogP contribution in [0.2, 0.25) is 0 Å². The van der Waals surface area contributed by atoms with Crippen LogP contribution in [-0.2, 0) is 0 Å². The number of nitrogens with two attached hydrogens (primary N) is 2. The number of benzene rings is 2. The SMILES string of the molecule is C=C/C(=C(N)\C=C/C)c1ccc(NC)cc1C.NC=Nc1ccccc1. The van der Waals surface area contributed by atoms with E-state index >= 15 is 0 Å². The lowest BCUT2D eigenvalue weighted by molar-refractivity contribution is 1.36. The van der Waals surface area contributed by atoms with E-state index in [1.54, 1.807) is 6.08 Å². The number of aryl methyl sites for hydroxylation is 1. The van der Waals surface area contributed by atoms with Crippen molar-refractivity contribution >= 4 is 23.3 Å². The number of hydrogen-bond donors (Lipinski definition) is 3. The molecule has 136 valence electrons. The summed E-state index contributed by atoms with van der Waals surface area (Å²) in [6.45, 7) is 7.86. The molecule has 5 N–H and O–H groups in total. The first-order chi connectivity index (χ1) is 12.6. The summed E-state index contributed by atoms with van der Waals surface area (Å²) in [7, 11) is 1.91. The van der Waals surface area contributed by atoms with Gasteiger partial charge in [0.1, 0.15) is 0 Å². The lowest BCUT2D eigenvalue weighted by Gasteiger charge is -2.11. The van der Waals surface area contributed by atoms with Crippen molar-refractivity contribution in [2.75, 3.05) is 12.4 Å². The van der Waals surface area contributed by atoms with Gasteiger partial charge >= 0.3 is 0 Å². The molecular formula is C22H28N4. The Balaban J connectivity index is 0.000000314. The van der Waals surface area contributed by atoms with Crippen LogP contribution in [0.3, 0.4) is 0 Å². The van der Waals surface area contributed by atoms with E-state index in [4.69, 9.17) is 11.5 Å². The Hall–Kier alpha value is -3.27. The molecule has 0 aliphatic rings. The van der Waals surface area contributed by atoms with Crippen LogP contribution in [0.1, 0.15) is 18.1 Å². The Morgan fingerprint density at radius 2 is 1.85 bits per heavy atom. The lowest BCUT2D eigenvalue weighted by Crippen LogP contribution is -2.00. The summed E-state index contributed by atoms with van der Waals surface area (Å²) < 4.78 is 0. The molecule has 0 aromatic heterocycles. The number of nitrogens with zero attached hydrogens (tertiary/aromatic N) is 1. The molecule has 26 heavy (non-hydrogen) atoms. The number of hydrogen-bond acceptors (Lipinski definition) is 3. The molecule has 0 amide bonds. The van der Waals surface area contributed by atoms with Gasteiger partial charge in [-0.1, -0.05) is 43.0 Å². The second-order valence-corrected chi connectivity index (χ2v) is 5.47. The highest BCUT2D eigenvalue weighted by molar-refractivity contribution is 5.80. The molecule has 2 aromatic rings. The molecule has 0 bridgehead atoms. The topological polar surface area (TPSA) is 76.4 Å². The summed E-state index contributed by atoms with van der Waals surface area (Å²) in [5, 5.41) is 3.12. The zero-order valence-electron chi connectivity index (χ0n) is 15.7. The Labute approximate surface area is 156 Å². The second kappa shape index (κ2) is 11.3. The highest BCUT2D eigenvalue weighted by atomic mass is 14.8. The first-order valence-corrected chi connectivity index (χ1v) is 8.40. The van der Waals surface area contributed by atoms with Crippen molar-refractivity contribution in [3.63, 3.8) is 0 Å². The molecule has 0 radical (unpaired) electrons. The van der Waals surface area contributed by atoms with Gasteiger partial charge in [0.2, 0.25) is 0 Å². The Morgan fingerprint density at radius 1 is 1.15 bits per heavy atom. The van der Waals surface area contributed by atoms with Crippen LogP contribution in [-0.4, -0.2) is 13.4 Å². The van der Waals surface area contributed by atoms with Gasteiger partial charge in [-0.05, 0) is 55.3 Å². The van der Waals surface area contributed by atoms with Gasteiger partial charge in [0, 0.05) is 24.0 Å². The third-order valence-electron chi connectivity index (χ3n) is 3.65. The molecular weight excluding hydrogens is 320 g/mol. The number of nitrogens with one attached hydrogen (secondary N) is 1. The number of aliphatic imine (C=N–C) groups is 1. The molecule has 0 saturated heterocycles. The molecule has 4 nitrogen and oxygen atoms in total. The summed E-state index contributed by atoms with van der Waals surface area (Å²) >= 11 is 0. The summed E-state index contributed by atoms with van der Waals surface area (Å²) in [4.78, 5) is 3.86. The lowest BCUT2D eigenvalue weighted by atomic mass is 9.98. The number of allylic oxidation sites excluding steroid dienone is 4. The highest BCUT2D eigenvalue weighted by Gasteiger charge is 2.05. The van der Waals surface area contributed by atoms with Gasteiger partial charge in [-0.2, -0.15) is 0 Å². The summed E-state index contributed by atoms with van der Waals surface area (Å²) in [5.74, 6) is 0. The summed E-state index contributed by atoms with van der Waals surface area (Å²) in [5.41, 5.74) is 17.1. The van der Waals surface area contributed by atoms with E-state index in [0.29, 0.717) is 0 Å². The Morgan fingerprint density at radius 3 is 2.35 bits per heavy atom. The average Bonchev–Trinajstić information content (AvgIpc) is 2.65. The van der Waals surface area contributed by atoms with Gasteiger partial charge in [-0.25, -0.2) is 4.99 Å². The molecule has 0 unspecified atom stereocenters. The third kappa shape index (κ3) is 6.32. The fraction of sp³-hybridized carbons (Fsp3) is 0.136. The van der Waals surface area contributed by atoms with Gasteiger partial charge in [0.15, 0.2) is 0 Å². The van der Waals surface area contributed by atoms with Crippen LogP contribution >= 0.6 is 0 Å². The zero-order valence-corrected chi connectivity index (χ0v) is 15.7. The first-order valence-electron chi connectivity index (χ1n) is 8.40. The molecule has 4 heteroatoms. The van der Waals surface area contributed by atoms with E-state index in [1.807, 2.05) is 62.5 Å². The summed E-state index contributed by atoms with van der Waals surface area (Å²) in [6, 6.07) is 15.8. The average molecular weight is 348 g/mol. The summed E-state index contributed by atoms with van der Waals surface area (Å²) in [6.07, 6.45) is 6.91. The minimum absolute atomic E-state index is 0.739. The number of anilines is 1. The zero-order chi connectivity index (χ0) is 19.4. The maximum atomic E-state index is 6.02. The van der Waals surface area contributed by atoms with Crippen LogP contribution in [0.4, 0.5) is 11.4 Å². The van der Waals surface area contributed by atoms with Crippen LogP contribution < -0.4 is 16.8 Å². The van der Waals surface area contributed by atoms with Gasteiger partial charge in [0.25, 0.3) is 0 Å². The van der Waals surface area contributed by atoms with Crippen LogP contribution in [0.25, 0.3) is 5.57 Å². The fourth-order valence-electron chi connectivity index (χ4n) is 2.37. The monoisotopic (exact) mass is 348 g/mol. The van der Waals surface area contributed by atoms with Crippen molar-refractivity contribution in [2.24, 2.45) is 16.5 Å². The molecule has 0 fully saturated rings. The normalized spacial score (nSPS) is 11.7. The largest absolute Gasteiger partial charge is 0.398 e. The molecule has 0 atom stereocenters. The van der Waals surface area contributed by atoms with E-state index < -0.39 is 0 Å². The predicted molar refractivity (Wildman–Crippen MR) is 116 cm³/mol. The van der Waals surface area contributed by atoms with E-state index in [9.17, 15) is 0 Å². The van der Waals surface area contributed by atoms with Crippen LogP contribution in [0, 0.1) is 6.92 Å². The molecule has 0 spiro atoms. The van der Waals surface area contributed by atoms with Crippen molar-refractivity contribution in [1.82, 2.24) is 0 Å². The van der Waals surface area contributed by atoms with Crippen LogP contribution in [0.5, 0.6) is 0 Å². The van der Waals surface area contributed by atoms with Gasteiger partial charge in [-0.15, -0.1) is 0 Å². The van der Waals surface area contributed by atoms with E-state index in [-0.39, 0.29) is 0 Å². The van der Waals surface area contributed by atoms with E-state index in [1.165, 1.54) is 11.9 Å². The van der Waals surface area contributed by atoms with E-state index in [0.717, 1.165) is 28.2 Å². The number of rotatable bonds is 5. The van der Waals surface area contributed by atoms with Gasteiger partial charge in [0.05, 0.1) is 12.0 Å². The predicted octanol–water partition coefficient (Wildman–Crippen LogP) is 4.77. The molecule has 0 saturated carbocycles. The first kappa shape index (κ1) is 20.8. The molecule has 0 aliphatic heterocycles.